The molecule has 0 bridgehead atoms. The number of aryl methyl sites for hydroxylation is 1. The van der Waals surface area contributed by atoms with Crippen LogP contribution in [0.25, 0.3) is 33.9 Å². The number of nitrogens with zero attached hydrogens (tertiary/aromatic N) is 2. The van der Waals surface area contributed by atoms with Gasteiger partial charge in [0, 0.05) is 11.6 Å². The van der Waals surface area contributed by atoms with Crippen LogP contribution in [-0.2, 0) is 4.74 Å². The maximum atomic E-state index is 12.1. The first-order valence-corrected chi connectivity index (χ1v) is 12.1. The summed E-state index contributed by atoms with van der Waals surface area (Å²) in [6.07, 6.45) is 3.41. The molecule has 2 aromatic heterocycles. The Bertz CT molecular complexity index is 1580. The van der Waals surface area contributed by atoms with E-state index in [1.165, 1.54) is 0 Å². The lowest BCUT2D eigenvalue weighted by Crippen LogP contribution is -2.05. The molecule has 0 aliphatic heterocycles. The second-order valence-electron chi connectivity index (χ2n) is 8.72. The normalized spacial score (nSPS) is 11.4. The smallest absolute Gasteiger partial charge is 0.338 e. The van der Waals surface area contributed by atoms with Gasteiger partial charge in [-0.05, 0) is 67.4 Å². The van der Waals surface area contributed by atoms with Gasteiger partial charge in [-0.25, -0.2) is 9.78 Å². The molecule has 0 saturated heterocycles. The van der Waals surface area contributed by atoms with Gasteiger partial charge in [0.2, 0.25) is 5.89 Å². The molecule has 0 amide bonds. The van der Waals surface area contributed by atoms with Crippen molar-refractivity contribution in [2.45, 2.75) is 26.7 Å². The highest BCUT2D eigenvalue weighted by atomic mass is 16.5. The van der Waals surface area contributed by atoms with Crippen molar-refractivity contribution in [2.24, 2.45) is 4.99 Å². The van der Waals surface area contributed by atoms with Gasteiger partial charge < -0.3 is 18.7 Å². The molecule has 37 heavy (non-hydrogen) atoms. The standard InChI is InChI=1S/C30H26N2O5/c1-3-4-15-35-30(34)21-8-6-20(7-9-21)27-14-11-23(36-27)18-31-22-10-12-24(26(33)17-22)29-32-25-13-5-19(2)16-28(25)37-29/h5-14,16-18,33H,3-4,15H2,1-2H3. The van der Waals surface area contributed by atoms with Crippen LogP contribution in [0.2, 0.25) is 0 Å². The number of phenols is 1. The van der Waals surface area contributed by atoms with E-state index in [-0.39, 0.29) is 11.7 Å². The molecule has 0 radical (unpaired) electrons. The van der Waals surface area contributed by atoms with Crippen LogP contribution in [0.4, 0.5) is 5.69 Å². The number of aliphatic imine (C=N–C) groups is 1. The number of unbranched alkanes of at least 4 members (excludes halogenated alkanes) is 1. The van der Waals surface area contributed by atoms with Gasteiger partial charge in [-0.15, -0.1) is 0 Å². The van der Waals surface area contributed by atoms with Crippen LogP contribution >= 0.6 is 0 Å². The van der Waals surface area contributed by atoms with E-state index >= 15 is 0 Å². The Labute approximate surface area is 214 Å². The van der Waals surface area contributed by atoms with Crippen LogP contribution in [0, 0.1) is 6.92 Å². The van der Waals surface area contributed by atoms with Crippen LogP contribution in [0.15, 0.2) is 86.6 Å². The highest BCUT2D eigenvalue weighted by molar-refractivity contribution is 5.90. The van der Waals surface area contributed by atoms with Crippen molar-refractivity contribution in [3.63, 3.8) is 0 Å². The summed E-state index contributed by atoms with van der Waals surface area (Å²) in [7, 11) is 0. The van der Waals surface area contributed by atoms with Crippen molar-refractivity contribution < 1.29 is 23.5 Å². The van der Waals surface area contributed by atoms with Crippen molar-refractivity contribution in [1.82, 2.24) is 4.98 Å². The van der Waals surface area contributed by atoms with Crippen LogP contribution in [0.1, 0.15) is 41.4 Å². The van der Waals surface area contributed by atoms with Gasteiger partial charge in [0.15, 0.2) is 5.58 Å². The van der Waals surface area contributed by atoms with E-state index in [9.17, 15) is 9.90 Å². The fraction of sp³-hybridized carbons (Fsp3) is 0.167. The second-order valence-corrected chi connectivity index (χ2v) is 8.72. The Morgan fingerprint density at radius 3 is 2.65 bits per heavy atom. The molecule has 3 aromatic carbocycles. The summed E-state index contributed by atoms with van der Waals surface area (Å²) in [4.78, 5) is 21.0. The lowest BCUT2D eigenvalue weighted by atomic mass is 10.1. The van der Waals surface area contributed by atoms with Crippen LogP contribution < -0.4 is 0 Å². The predicted molar refractivity (Wildman–Crippen MR) is 142 cm³/mol. The summed E-state index contributed by atoms with van der Waals surface area (Å²) in [5, 5.41) is 10.6. The van der Waals surface area contributed by atoms with E-state index in [1.807, 2.05) is 50.2 Å². The summed E-state index contributed by atoms with van der Waals surface area (Å²) in [6.45, 7) is 4.46. The number of carbonyl (C=O) groups is 1. The van der Waals surface area contributed by atoms with E-state index in [4.69, 9.17) is 13.6 Å². The number of rotatable bonds is 8. The molecular formula is C30H26N2O5. The van der Waals surface area contributed by atoms with Gasteiger partial charge >= 0.3 is 5.97 Å². The maximum Gasteiger partial charge on any atom is 0.338 e. The number of hydrogen-bond acceptors (Lipinski definition) is 7. The minimum absolute atomic E-state index is 0.0198. The number of fused-ring (bicyclic) bond motifs is 1. The summed E-state index contributed by atoms with van der Waals surface area (Å²) in [6, 6.07) is 21.5. The molecule has 7 heteroatoms. The highest BCUT2D eigenvalue weighted by Crippen LogP contribution is 2.34. The first-order valence-electron chi connectivity index (χ1n) is 12.1. The second kappa shape index (κ2) is 10.5. The van der Waals surface area contributed by atoms with Gasteiger partial charge in [-0.1, -0.05) is 31.5 Å². The third kappa shape index (κ3) is 5.46. The zero-order valence-corrected chi connectivity index (χ0v) is 20.6. The van der Waals surface area contributed by atoms with E-state index in [2.05, 4.69) is 9.98 Å². The number of esters is 1. The fourth-order valence-corrected chi connectivity index (χ4v) is 3.81. The van der Waals surface area contributed by atoms with Crippen molar-refractivity contribution in [3.8, 4) is 28.5 Å². The first kappa shape index (κ1) is 24.1. The molecule has 0 aliphatic rings. The topological polar surface area (TPSA) is 98.1 Å². The molecule has 1 N–H and O–H groups in total. The number of aromatic nitrogens is 1. The minimum atomic E-state index is -0.326. The van der Waals surface area contributed by atoms with Crippen LogP contribution in [-0.4, -0.2) is 28.9 Å². The number of hydrogen-bond donors (Lipinski definition) is 1. The van der Waals surface area contributed by atoms with Crippen molar-refractivity contribution in [2.75, 3.05) is 6.61 Å². The largest absolute Gasteiger partial charge is 0.507 e. The zero-order valence-electron chi connectivity index (χ0n) is 20.6. The lowest BCUT2D eigenvalue weighted by Gasteiger charge is -2.04. The lowest BCUT2D eigenvalue weighted by molar-refractivity contribution is 0.0499. The molecule has 5 rings (SSSR count). The van der Waals surface area contributed by atoms with Gasteiger partial charge in [-0.2, -0.15) is 0 Å². The first-order chi connectivity index (χ1) is 18.0. The Kier molecular flexibility index (Phi) is 6.85. The third-order valence-electron chi connectivity index (χ3n) is 5.86. The molecule has 0 aliphatic carbocycles. The Morgan fingerprint density at radius 1 is 1.03 bits per heavy atom. The average Bonchev–Trinajstić information content (AvgIpc) is 3.54. The maximum absolute atomic E-state index is 12.1. The van der Waals surface area contributed by atoms with Crippen LogP contribution in [0.3, 0.4) is 0 Å². The highest BCUT2D eigenvalue weighted by Gasteiger charge is 2.13. The molecule has 5 aromatic rings. The van der Waals surface area contributed by atoms with Crippen LogP contribution in [0.5, 0.6) is 5.75 Å². The number of oxazole rings is 1. The zero-order chi connectivity index (χ0) is 25.8. The SMILES string of the molecule is CCCCOC(=O)c1ccc(-c2ccc(C=Nc3ccc(-c4nc5ccc(C)cc5o4)c(O)c3)o2)cc1. The number of aromatic hydroxyl groups is 1. The summed E-state index contributed by atoms with van der Waals surface area (Å²) < 4.78 is 17.0. The number of ether oxygens (including phenoxy) is 1. The molecule has 0 unspecified atom stereocenters. The molecule has 7 nitrogen and oxygen atoms in total. The molecule has 0 fully saturated rings. The third-order valence-corrected chi connectivity index (χ3v) is 5.86. The predicted octanol–water partition coefficient (Wildman–Crippen LogP) is 7.48. The molecule has 186 valence electrons. The van der Waals surface area contributed by atoms with Gasteiger partial charge in [0.1, 0.15) is 22.8 Å². The van der Waals surface area contributed by atoms with Crippen molar-refractivity contribution >= 4 is 29.0 Å². The van der Waals surface area contributed by atoms with E-state index in [0.29, 0.717) is 46.4 Å². The fourth-order valence-electron chi connectivity index (χ4n) is 3.81. The summed E-state index contributed by atoms with van der Waals surface area (Å²) >= 11 is 0. The molecule has 0 atom stereocenters. The Morgan fingerprint density at radius 2 is 1.86 bits per heavy atom. The van der Waals surface area contributed by atoms with Gasteiger partial charge in [-0.3, -0.25) is 4.99 Å². The monoisotopic (exact) mass is 494 g/mol. The quantitative estimate of drug-likeness (QED) is 0.136. The molecule has 0 saturated carbocycles. The van der Waals surface area contributed by atoms with Crippen molar-refractivity contribution in [1.29, 1.82) is 0 Å². The van der Waals surface area contributed by atoms with Gasteiger partial charge in [0.25, 0.3) is 0 Å². The van der Waals surface area contributed by atoms with Crippen molar-refractivity contribution in [3.05, 3.63) is 89.7 Å². The molecular weight excluding hydrogens is 468 g/mol. The average molecular weight is 495 g/mol. The Hall–Kier alpha value is -4.65. The van der Waals surface area contributed by atoms with Gasteiger partial charge in [0.05, 0.1) is 29.6 Å². The minimum Gasteiger partial charge on any atom is -0.507 e. The molecule has 0 spiro atoms. The molecule has 2 heterocycles. The Balaban J connectivity index is 1.27. The number of phenolic OH excluding ortho intramolecular Hbond substituents is 1. The number of furan rings is 1. The summed E-state index contributed by atoms with van der Waals surface area (Å²) in [5.74, 6) is 1.25. The van der Waals surface area contributed by atoms with E-state index in [1.54, 1.807) is 42.6 Å². The van der Waals surface area contributed by atoms with E-state index in [0.717, 1.165) is 29.5 Å². The number of carbonyl (C=O) groups excluding carboxylic acids is 1. The van der Waals surface area contributed by atoms with E-state index < -0.39 is 0 Å². The number of benzene rings is 3. The summed E-state index contributed by atoms with van der Waals surface area (Å²) in [5.41, 5.74) is 4.86.